The molecule has 0 spiro atoms. The fourth-order valence-corrected chi connectivity index (χ4v) is 3.93. The van der Waals surface area contributed by atoms with Crippen LogP contribution in [0.15, 0.2) is 30.3 Å². The summed E-state index contributed by atoms with van der Waals surface area (Å²) >= 11 is 0. The first-order valence-electron chi connectivity index (χ1n) is 9.39. The second-order valence-electron chi connectivity index (χ2n) is 7.03. The van der Waals surface area contributed by atoms with E-state index in [1.165, 1.54) is 5.56 Å². The molecule has 1 aliphatic carbocycles. The molecule has 1 heterocycles. The van der Waals surface area contributed by atoms with Gasteiger partial charge in [-0.05, 0) is 37.9 Å². The Labute approximate surface area is 145 Å². The van der Waals surface area contributed by atoms with Gasteiger partial charge in [-0.3, -0.25) is 9.69 Å². The molecule has 0 bridgehead atoms. The maximum Gasteiger partial charge on any atom is 0.225 e. The largest absolute Gasteiger partial charge is 0.373 e. The Bertz CT molecular complexity index is 524. The summed E-state index contributed by atoms with van der Waals surface area (Å²) in [4.78, 5) is 17.2. The monoisotopic (exact) mass is 330 g/mol. The summed E-state index contributed by atoms with van der Waals surface area (Å²) < 4.78 is 5.92. The lowest BCUT2D eigenvalue weighted by atomic mass is 9.81. The lowest BCUT2D eigenvalue weighted by molar-refractivity contribution is -0.144. The minimum Gasteiger partial charge on any atom is -0.373 e. The molecule has 132 valence electrons. The molecular formula is C20H30N2O2. The van der Waals surface area contributed by atoms with E-state index in [1.807, 2.05) is 18.2 Å². The Balaban J connectivity index is 1.39. The first-order valence-corrected chi connectivity index (χ1v) is 9.39. The van der Waals surface area contributed by atoms with E-state index in [-0.39, 0.29) is 12.0 Å². The third kappa shape index (κ3) is 3.98. The number of rotatable bonds is 7. The van der Waals surface area contributed by atoms with Crippen molar-refractivity contribution >= 4 is 5.91 Å². The molecule has 2 aliphatic rings. The van der Waals surface area contributed by atoms with Gasteiger partial charge in [0.05, 0.1) is 12.7 Å². The molecule has 3 rings (SSSR count). The molecule has 1 amide bonds. The zero-order chi connectivity index (χ0) is 16.9. The van der Waals surface area contributed by atoms with Crippen LogP contribution < -0.4 is 0 Å². The maximum absolute atomic E-state index is 12.6. The summed E-state index contributed by atoms with van der Waals surface area (Å²) in [5.41, 5.74) is 1.20. The second kappa shape index (κ2) is 8.13. The van der Waals surface area contributed by atoms with Crippen LogP contribution >= 0.6 is 0 Å². The molecule has 0 N–H and O–H groups in total. The van der Waals surface area contributed by atoms with Crippen molar-refractivity contribution in [1.82, 2.24) is 9.80 Å². The van der Waals surface area contributed by atoms with Crippen LogP contribution in [-0.4, -0.2) is 54.0 Å². The Morgan fingerprint density at radius 3 is 2.58 bits per heavy atom. The second-order valence-corrected chi connectivity index (χ2v) is 7.03. The predicted molar refractivity (Wildman–Crippen MR) is 95.6 cm³/mol. The van der Waals surface area contributed by atoms with Gasteiger partial charge in [0.15, 0.2) is 0 Å². The molecule has 1 saturated carbocycles. The van der Waals surface area contributed by atoms with E-state index in [9.17, 15) is 4.79 Å². The molecule has 1 saturated heterocycles. The minimum absolute atomic E-state index is 0.182. The number of ether oxygens (including phenoxy) is 1. The third-order valence-electron chi connectivity index (χ3n) is 5.58. The molecule has 0 aromatic heterocycles. The number of likely N-dealkylation sites (N-methyl/N-ethyl adjacent to an activating group) is 1. The van der Waals surface area contributed by atoms with Crippen molar-refractivity contribution in [1.29, 1.82) is 0 Å². The van der Waals surface area contributed by atoms with Gasteiger partial charge >= 0.3 is 0 Å². The number of carbonyl (C=O) groups excluding carboxylic acids is 1. The van der Waals surface area contributed by atoms with Crippen LogP contribution in [0, 0.1) is 5.92 Å². The quantitative estimate of drug-likeness (QED) is 0.771. The normalized spacial score (nSPS) is 26.6. The highest BCUT2D eigenvalue weighted by atomic mass is 16.5. The van der Waals surface area contributed by atoms with Crippen LogP contribution in [0.5, 0.6) is 0 Å². The van der Waals surface area contributed by atoms with Crippen molar-refractivity contribution in [3.63, 3.8) is 0 Å². The van der Waals surface area contributed by atoms with Gasteiger partial charge in [-0.25, -0.2) is 0 Å². The Hall–Kier alpha value is -1.39. The van der Waals surface area contributed by atoms with Crippen LogP contribution in [0.2, 0.25) is 0 Å². The van der Waals surface area contributed by atoms with Crippen LogP contribution in [-0.2, 0) is 16.1 Å². The van der Waals surface area contributed by atoms with Gasteiger partial charge in [-0.2, -0.15) is 0 Å². The Morgan fingerprint density at radius 1 is 1.21 bits per heavy atom. The van der Waals surface area contributed by atoms with E-state index >= 15 is 0 Å². The topological polar surface area (TPSA) is 32.8 Å². The van der Waals surface area contributed by atoms with E-state index < -0.39 is 0 Å². The van der Waals surface area contributed by atoms with Crippen LogP contribution in [0.3, 0.4) is 0 Å². The van der Waals surface area contributed by atoms with Gasteiger partial charge in [-0.15, -0.1) is 0 Å². The van der Waals surface area contributed by atoms with E-state index in [4.69, 9.17) is 4.74 Å². The van der Waals surface area contributed by atoms with Gasteiger partial charge in [0.1, 0.15) is 0 Å². The fourth-order valence-electron chi connectivity index (χ4n) is 3.93. The van der Waals surface area contributed by atoms with E-state index in [2.05, 4.69) is 35.8 Å². The standard InChI is InChI=1S/C20H30N2O2/c1-3-21(4-2)18-10-11-22(14-18)20(23)17-12-19(13-17)24-15-16-8-6-5-7-9-16/h5-9,17-19H,3-4,10-15H2,1-2H3. The lowest BCUT2D eigenvalue weighted by Crippen LogP contribution is -2.45. The van der Waals surface area contributed by atoms with Crippen molar-refractivity contribution in [2.75, 3.05) is 26.2 Å². The molecule has 0 radical (unpaired) electrons. The zero-order valence-electron chi connectivity index (χ0n) is 15.0. The third-order valence-corrected chi connectivity index (χ3v) is 5.58. The maximum atomic E-state index is 12.6. The number of hydrogen-bond donors (Lipinski definition) is 0. The number of hydrogen-bond acceptors (Lipinski definition) is 3. The SMILES string of the molecule is CCN(CC)C1CCN(C(=O)C2CC(OCc3ccccc3)C2)C1. The molecule has 1 atom stereocenters. The van der Waals surface area contributed by atoms with Crippen LogP contribution in [0.4, 0.5) is 0 Å². The number of likely N-dealkylation sites (tertiary alicyclic amines) is 1. The molecule has 2 fully saturated rings. The smallest absolute Gasteiger partial charge is 0.225 e. The van der Waals surface area contributed by atoms with Crippen LogP contribution in [0.25, 0.3) is 0 Å². The average Bonchev–Trinajstić information content (AvgIpc) is 3.05. The van der Waals surface area contributed by atoms with Crippen molar-refractivity contribution < 1.29 is 9.53 Å². The summed E-state index contributed by atoms with van der Waals surface area (Å²) in [5, 5.41) is 0. The van der Waals surface area contributed by atoms with Gasteiger partial charge in [0.25, 0.3) is 0 Å². The van der Waals surface area contributed by atoms with E-state index in [0.717, 1.165) is 45.4 Å². The number of amides is 1. The molecule has 24 heavy (non-hydrogen) atoms. The van der Waals surface area contributed by atoms with Crippen molar-refractivity contribution in [3.05, 3.63) is 35.9 Å². The molecule has 1 aromatic carbocycles. The predicted octanol–water partition coefficient (Wildman–Crippen LogP) is 2.92. The molecule has 1 aliphatic heterocycles. The first-order chi connectivity index (χ1) is 11.7. The highest BCUT2D eigenvalue weighted by Crippen LogP contribution is 2.33. The highest BCUT2D eigenvalue weighted by Gasteiger charge is 2.40. The van der Waals surface area contributed by atoms with E-state index in [0.29, 0.717) is 18.6 Å². The molecule has 4 heteroatoms. The van der Waals surface area contributed by atoms with Gasteiger partial charge in [0.2, 0.25) is 5.91 Å². The number of carbonyl (C=O) groups is 1. The van der Waals surface area contributed by atoms with Gasteiger partial charge in [-0.1, -0.05) is 44.2 Å². The van der Waals surface area contributed by atoms with Crippen molar-refractivity contribution in [3.8, 4) is 0 Å². The summed E-state index contributed by atoms with van der Waals surface area (Å²) in [6.45, 7) is 9.03. The summed E-state index contributed by atoms with van der Waals surface area (Å²) in [6, 6.07) is 10.8. The Kier molecular flexibility index (Phi) is 5.90. The first kappa shape index (κ1) is 17.4. The fraction of sp³-hybridized carbons (Fsp3) is 0.650. The number of benzene rings is 1. The minimum atomic E-state index is 0.182. The zero-order valence-corrected chi connectivity index (χ0v) is 15.0. The number of nitrogens with zero attached hydrogens (tertiary/aromatic N) is 2. The molecule has 1 aromatic rings. The Morgan fingerprint density at radius 2 is 1.92 bits per heavy atom. The van der Waals surface area contributed by atoms with Crippen LogP contribution in [0.1, 0.15) is 38.7 Å². The molecular weight excluding hydrogens is 300 g/mol. The summed E-state index contributed by atoms with van der Waals surface area (Å²) in [5.74, 6) is 0.533. The summed E-state index contributed by atoms with van der Waals surface area (Å²) in [7, 11) is 0. The van der Waals surface area contributed by atoms with E-state index in [1.54, 1.807) is 0 Å². The van der Waals surface area contributed by atoms with Crippen molar-refractivity contribution in [2.45, 2.75) is 51.9 Å². The lowest BCUT2D eigenvalue weighted by Gasteiger charge is -2.36. The molecule has 4 nitrogen and oxygen atoms in total. The van der Waals surface area contributed by atoms with Gasteiger partial charge in [0, 0.05) is 25.0 Å². The summed E-state index contributed by atoms with van der Waals surface area (Å²) in [6.07, 6.45) is 3.14. The van der Waals surface area contributed by atoms with Crippen molar-refractivity contribution in [2.24, 2.45) is 5.92 Å². The highest BCUT2D eigenvalue weighted by molar-refractivity contribution is 5.80. The van der Waals surface area contributed by atoms with Gasteiger partial charge < -0.3 is 9.64 Å². The molecule has 1 unspecified atom stereocenters. The average molecular weight is 330 g/mol.